The summed E-state index contributed by atoms with van der Waals surface area (Å²) in [5.74, 6) is -0.153. The van der Waals surface area contributed by atoms with E-state index in [1.807, 2.05) is 11.9 Å². The Morgan fingerprint density at radius 3 is 2.72 bits per heavy atom. The van der Waals surface area contributed by atoms with Crippen molar-refractivity contribution in [3.8, 4) is 0 Å². The minimum Gasteiger partial charge on any atom is -0.347 e. The van der Waals surface area contributed by atoms with Crippen LogP contribution in [-0.2, 0) is 20.7 Å². The van der Waals surface area contributed by atoms with Gasteiger partial charge in [-0.3, -0.25) is 9.69 Å². The van der Waals surface area contributed by atoms with E-state index in [4.69, 9.17) is 9.47 Å². The van der Waals surface area contributed by atoms with Gasteiger partial charge in [0.1, 0.15) is 0 Å². The summed E-state index contributed by atoms with van der Waals surface area (Å²) in [5, 5.41) is 0. The fourth-order valence-electron chi connectivity index (χ4n) is 4.44. The number of fused-ring (bicyclic) bond motifs is 1. The summed E-state index contributed by atoms with van der Waals surface area (Å²) in [6.07, 6.45) is 5.06. The standard InChI is InChI=1S/C20H28N2O3/c1-21(18-8-4-6-16-5-2-3-7-17(16)18)19(23)15-22-11-9-20(10-12-22)24-13-14-25-20/h2-3,5,7,18H,4,6,8-15H2,1H3. The number of aryl methyl sites for hydroxylation is 1. The highest BCUT2D eigenvalue weighted by Gasteiger charge is 2.40. The summed E-state index contributed by atoms with van der Waals surface area (Å²) in [7, 11) is 1.96. The van der Waals surface area contributed by atoms with Crippen molar-refractivity contribution in [2.24, 2.45) is 0 Å². The van der Waals surface area contributed by atoms with Crippen LogP contribution in [0, 0.1) is 0 Å². The summed E-state index contributed by atoms with van der Waals surface area (Å²) >= 11 is 0. The van der Waals surface area contributed by atoms with Crippen molar-refractivity contribution in [2.75, 3.05) is 39.9 Å². The van der Waals surface area contributed by atoms with Crippen LogP contribution >= 0.6 is 0 Å². The lowest BCUT2D eigenvalue weighted by Gasteiger charge is -2.39. The molecule has 4 rings (SSSR count). The van der Waals surface area contributed by atoms with Crippen LogP contribution in [0.4, 0.5) is 0 Å². The van der Waals surface area contributed by atoms with Gasteiger partial charge in [0.25, 0.3) is 0 Å². The van der Waals surface area contributed by atoms with Gasteiger partial charge in [-0.15, -0.1) is 0 Å². The molecule has 1 spiro atoms. The average molecular weight is 344 g/mol. The first-order valence-electron chi connectivity index (χ1n) is 9.51. The van der Waals surface area contributed by atoms with Gasteiger partial charge in [-0.1, -0.05) is 24.3 Å². The highest BCUT2D eigenvalue weighted by molar-refractivity contribution is 5.78. The summed E-state index contributed by atoms with van der Waals surface area (Å²) in [6, 6.07) is 8.78. The predicted molar refractivity (Wildman–Crippen MR) is 95.2 cm³/mol. The second kappa shape index (κ2) is 7.06. The molecule has 2 saturated heterocycles. The van der Waals surface area contributed by atoms with E-state index >= 15 is 0 Å². The molecule has 25 heavy (non-hydrogen) atoms. The quantitative estimate of drug-likeness (QED) is 0.844. The molecule has 1 unspecified atom stereocenters. The molecule has 1 aromatic carbocycles. The molecule has 5 heteroatoms. The average Bonchev–Trinajstić information content (AvgIpc) is 3.11. The van der Waals surface area contributed by atoms with Crippen LogP contribution in [0.15, 0.2) is 24.3 Å². The molecule has 0 aromatic heterocycles. The molecule has 3 aliphatic rings. The smallest absolute Gasteiger partial charge is 0.237 e. The van der Waals surface area contributed by atoms with Gasteiger partial charge in [-0.05, 0) is 30.4 Å². The molecule has 0 N–H and O–H groups in total. The first kappa shape index (κ1) is 17.0. The number of benzene rings is 1. The van der Waals surface area contributed by atoms with Crippen molar-refractivity contribution in [3.05, 3.63) is 35.4 Å². The molecular formula is C20H28N2O3. The summed E-state index contributed by atoms with van der Waals surface area (Å²) in [5.41, 5.74) is 2.73. The number of hydrogen-bond acceptors (Lipinski definition) is 4. The third kappa shape index (κ3) is 3.46. The van der Waals surface area contributed by atoms with E-state index in [0.29, 0.717) is 19.8 Å². The van der Waals surface area contributed by atoms with Crippen LogP contribution in [0.2, 0.25) is 0 Å². The van der Waals surface area contributed by atoms with Gasteiger partial charge in [-0.25, -0.2) is 0 Å². The lowest BCUT2D eigenvalue weighted by molar-refractivity contribution is -0.186. The molecule has 1 aliphatic carbocycles. The normalized spacial score (nSPS) is 25.7. The fourth-order valence-corrected chi connectivity index (χ4v) is 4.44. The van der Waals surface area contributed by atoms with Gasteiger partial charge in [0.05, 0.1) is 25.8 Å². The maximum Gasteiger partial charge on any atom is 0.237 e. The van der Waals surface area contributed by atoms with Gasteiger partial charge in [0, 0.05) is 33.0 Å². The van der Waals surface area contributed by atoms with Crippen molar-refractivity contribution >= 4 is 5.91 Å². The van der Waals surface area contributed by atoms with Gasteiger partial charge in [0.15, 0.2) is 5.79 Å². The Hall–Kier alpha value is -1.43. The SMILES string of the molecule is CN(C(=O)CN1CCC2(CC1)OCCO2)C1CCCc2ccccc21. The largest absolute Gasteiger partial charge is 0.347 e. The number of carbonyl (C=O) groups is 1. The minimum absolute atomic E-state index is 0.214. The van der Waals surface area contributed by atoms with Crippen LogP contribution in [0.25, 0.3) is 0 Å². The Bertz CT molecular complexity index is 617. The van der Waals surface area contributed by atoms with Gasteiger partial charge < -0.3 is 14.4 Å². The van der Waals surface area contributed by atoms with Crippen LogP contribution in [-0.4, -0.2) is 61.4 Å². The molecule has 2 aliphatic heterocycles. The molecule has 1 atom stereocenters. The van der Waals surface area contributed by atoms with E-state index in [2.05, 4.69) is 29.2 Å². The van der Waals surface area contributed by atoms with Crippen molar-refractivity contribution in [2.45, 2.75) is 43.9 Å². The van der Waals surface area contributed by atoms with E-state index in [9.17, 15) is 4.79 Å². The zero-order valence-corrected chi connectivity index (χ0v) is 15.1. The van der Waals surface area contributed by atoms with E-state index in [0.717, 1.165) is 45.2 Å². The Kier molecular flexibility index (Phi) is 4.80. The van der Waals surface area contributed by atoms with Crippen LogP contribution in [0.1, 0.15) is 42.9 Å². The van der Waals surface area contributed by atoms with Crippen LogP contribution in [0.5, 0.6) is 0 Å². The maximum atomic E-state index is 12.9. The second-order valence-electron chi connectivity index (χ2n) is 7.50. The molecule has 1 amide bonds. The number of piperidine rings is 1. The van der Waals surface area contributed by atoms with Crippen molar-refractivity contribution in [1.29, 1.82) is 0 Å². The molecule has 136 valence electrons. The molecule has 2 heterocycles. The fraction of sp³-hybridized carbons (Fsp3) is 0.650. The number of ether oxygens (including phenoxy) is 2. The van der Waals surface area contributed by atoms with E-state index in [-0.39, 0.29) is 17.7 Å². The number of rotatable bonds is 3. The van der Waals surface area contributed by atoms with Gasteiger partial charge in [-0.2, -0.15) is 0 Å². The summed E-state index contributed by atoms with van der Waals surface area (Å²) in [6.45, 7) is 3.61. The third-order valence-electron chi connectivity index (χ3n) is 5.99. The van der Waals surface area contributed by atoms with Crippen LogP contribution < -0.4 is 0 Å². The van der Waals surface area contributed by atoms with E-state index in [1.165, 1.54) is 11.1 Å². The monoisotopic (exact) mass is 344 g/mol. The van der Waals surface area contributed by atoms with Gasteiger partial charge in [0.2, 0.25) is 5.91 Å². The van der Waals surface area contributed by atoms with Crippen molar-refractivity contribution in [3.63, 3.8) is 0 Å². The Labute approximate surface area is 149 Å². The lowest BCUT2D eigenvalue weighted by atomic mass is 9.87. The molecule has 2 fully saturated rings. The number of hydrogen-bond donors (Lipinski definition) is 0. The minimum atomic E-state index is -0.367. The number of likely N-dealkylation sites (tertiary alicyclic amines) is 1. The first-order chi connectivity index (χ1) is 12.2. The van der Waals surface area contributed by atoms with E-state index < -0.39 is 0 Å². The zero-order valence-electron chi connectivity index (χ0n) is 15.1. The highest BCUT2D eigenvalue weighted by Crippen LogP contribution is 2.34. The highest BCUT2D eigenvalue weighted by atomic mass is 16.7. The molecular weight excluding hydrogens is 316 g/mol. The van der Waals surface area contributed by atoms with Gasteiger partial charge >= 0.3 is 0 Å². The number of amides is 1. The Morgan fingerprint density at radius 1 is 1.24 bits per heavy atom. The predicted octanol–water partition coefficient (Wildman–Crippen LogP) is 2.36. The molecule has 1 aromatic rings. The molecule has 0 saturated carbocycles. The molecule has 0 bridgehead atoms. The third-order valence-corrected chi connectivity index (χ3v) is 5.99. The molecule has 0 radical (unpaired) electrons. The Morgan fingerprint density at radius 2 is 1.96 bits per heavy atom. The van der Waals surface area contributed by atoms with Crippen LogP contribution in [0.3, 0.4) is 0 Å². The maximum absolute atomic E-state index is 12.9. The van der Waals surface area contributed by atoms with Crippen molar-refractivity contribution in [1.82, 2.24) is 9.80 Å². The molecule has 5 nitrogen and oxygen atoms in total. The lowest BCUT2D eigenvalue weighted by Crippen LogP contribution is -2.48. The Balaban J connectivity index is 1.36. The number of likely N-dealkylation sites (N-methyl/N-ethyl adjacent to an activating group) is 1. The second-order valence-corrected chi connectivity index (χ2v) is 7.50. The zero-order chi connectivity index (χ0) is 17.3. The number of carbonyl (C=O) groups excluding carboxylic acids is 1. The van der Waals surface area contributed by atoms with Crippen molar-refractivity contribution < 1.29 is 14.3 Å². The van der Waals surface area contributed by atoms with E-state index in [1.54, 1.807) is 0 Å². The summed E-state index contributed by atoms with van der Waals surface area (Å²) < 4.78 is 11.5. The number of nitrogens with zero attached hydrogens (tertiary/aromatic N) is 2. The first-order valence-corrected chi connectivity index (χ1v) is 9.51. The summed E-state index contributed by atoms with van der Waals surface area (Å²) in [4.78, 5) is 17.1. The topological polar surface area (TPSA) is 42.0 Å².